The fourth-order valence-corrected chi connectivity index (χ4v) is 3.38. The largest absolute Gasteiger partial charge is 0.493 e. The minimum Gasteiger partial charge on any atom is -0.493 e. The molecule has 0 saturated carbocycles. The van der Waals surface area contributed by atoms with E-state index in [2.05, 4.69) is 10.2 Å². The molecule has 1 fully saturated rings. The second kappa shape index (κ2) is 11.9. The normalized spacial score (nSPS) is 15.6. The second-order valence-corrected chi connectivity index (χ2v) is 7.35. The van der Waals surface area contributed by atoms with Gasteiger partial charge in [0.1, 0.15) is 0 Å². The Morgan fingerprint density at radius 1 is 1.14 bits per heavy atom. The average molecular weight is 416 g/mol. The molecule has 0 aliphatic carbocycles. The molecule has 0 radical (unpaired) electrons. The Kier molecular flexibility index (Phi) is 9.57. The number of alkyl halides is 3. The number of carbonyl (C=O) groups is 1. The highest BCUT2D eigenvalue weighted by Crippen LogP contribution is 2.30. The average Bonchev–Trinajstić information content (AvgIpc) is 2.96. The Labute approximate surface area is 170 Å². The lowest BCUT2D eigenvalue weighted by molar-refractivity contribution is -0.153. The van der Waals surface area contributed by atoms with Crippen LogP contribution >= 0.6 is 0 Å². The molecule has 1 aromatic carbocycles. The van der Waals surface area contributed by atoms with E-state index in [1.54, 1.807) is 12.1 Å². The van der Waals surface area contributed by atoms with Crippen molar-refractivity contribution < 1.29 is 27.4 Å². The van der Waals surface area contributed by atoms with Gasteiger partial charge in [0.2, 0.25) is 5.91 Å². The van der Waals surface area contributed by atoms with E-state index in [4.69, 9.17) is 9.47 Å². The predicted octanol–water partition coefficient (Wildman–Crippen LogP) is 3.95. The maximum Gasteiger partial charge on any atom is 0.422 e. The van der Waals surface area contributed by atoms with Gasteiger partial charge in [-0.2, -0.15) is 13.2 Å². The van der Waals surface area contributed by atoms with Gasteiger partial charge in [-0.25, -0.2) is 0 Å². The summed E-state index contributed by atoms with van der Waals surface area (Å²) in [7, 11) is 1.37. The number of halogens is 3. The first kappa shape index (κ1) is 23.3. The van der Waals surface area contributed by atoms with E-state index in [-0.39, 0.29) is 17.4 Å². The van der Waals surface area contributed by atoms with E-state index in [1.807, 2.05) is 0 Å². The van der Waals surface area contributed by atoms with E-state index >= 15 is 0 Å². The molecule has 1 N–H and O–H groups in total. The molecule has 0 bridgehead atoms. The van der Waals surface area contributed by atoms with E-state index in [9.17, 15) is 18.0 Å². The minimum absolute atomic E-state index is 0.0303. The first-order chi connectivity index (χ1) is 13.9. The standard InChI is InChI=1S/C21H31F3N2O3/c1-28-19-15-17(7-9-18(19)29-16-21(22,23)24)8-10-20(27)25-11-6-14-26-12-4-2-3-5-13-26/h7,9,15H,2-6,8,10-14,16H2,1H3,(H,25,27). The van der Waals surface area contributed by atoms with Gasteiger partial charge in [-0.3, -0.25) is 4.79 Å². The summed E-state index contributed by atoms with van der Waals surface area (Å²) in [6.07, 6.45) is 2.47. The highest BCUT2D eigenvalue weighted by Gasteiger charge is 2.29. The van der Waals surface area contributed by atoms with Gasteiger partial charge in [0.15, 0.2) is 18.1 Å². The molecule has 8 heteroatoms. The van der Waals surface area contributed by atoms with Crippen molar-refractivity contribution in [2.24, 2.45) is 0 Å². The number of carbonyl (C=O) groups excluding carboxylic acids is 1. The van der Waals surface area contributed by atoms with Gasteiger partial charge in [0, 0.05) is 13.0 Å². The number of nitrogens with zero attached hydrogens (tertiary/aromatic N) is 1. The molecule has 1 aliphatic heterocycles. The molecule has 0 aromatic heterocycles. The van der Waals surface area contributed by atoms with Crippen LogP contribution in [0, 0.1) is 0 Å². The molecule has 164 valence electrons. The number of hydrogen-bond donors (Lipinski definition) is 1. The number of hydrogen-bond acceptors (Lipinski definition) is 4. The summed E-state index contributed by atoms with van der Waals surface area (Å²) >= 11 is 0. The van der Waals surface area contributed by atoms with Crippen LogP contribution < -0.4 is 14.8 Å². The quantitative estimate of drug-likeness (QED) is 0.587. The second-order valence-electron chi connectivity index (χ2n) is 7.35. The van der Waals surface area contributed by atoms with Gasteiger partial charge in [0.25, 0.3) is 0 Å². The SMILES string of the molecule is COc1cc(CCC(=O)NCCCN2CCCCCC2)ccc1OCC(F)(F)F. The number of methoxy groups -OCH3 is 1. The van der Waals surface area contributed by atoms with E-state index in [0.29, 0.717) is 19.4 Å². The lowest BCUT2D eigenvalue weighted by Crippen LogP contribution is -2.30. The van der Waals surface area contributed by atoms with Crippen molar-refractivity contribution in [1.82, 2.24) is 10.2 Å². The molecule has 1 heterocycles. The molecular weight excluding hydrogens is 385 g/mol. The number of benzene rings is 1. The van der Waals surface area contributed by atoms with Gasteiger partial charge in [-0.15, -0.1) is 0 Å². The number of likely N-dealkylation sites (tertiary alicyclic amines) is 1. The first-order valence-corrected chi connectivity index (χ1v) is 10.2. The van der Waals surface area contributed by atoms with Crippen LogP contribution in [0.3, 0.4) is 0 Å². The summed E-state index contributed by atoms with van der Waals surface area (Å²) in [6, 6.07) is 4.71. The smallest absolute Gasteiger partial charge is 0.422 e. The Morgan fingerprint density at radius 3 is 2.52 bits per heavy atom. The van der Waals surface area contributed by atoms with Crippen molar-refractivity contribution in [3.05, 3.63) is 23.8 Å². The number of amides is 1. The van der Waals surface area contributed by atoms with Crippen molar-refractivity contribution in [2.45, 2.75) is 51.1 Å². The van der Waals surface area contributed by atoms with Crippen LogP contribution in [0.25, 0.3) is 0 Å². The summed E-state index contributed by atoms with van der Waals surface area (Å²) in [4.78, 5) is 14.5. The third kappa shape index (κ3) is 9.39. The van der Waals surface area contributed by atoms with E-state index < -0.39 is 12.8 Å². The summed E-state index contributed by atoms with van der Waals surface area (Å²) in [5.74, 6) is 0.230. The number of nitrogens with one attached hydrogen (secondary N) is 1. The lowest BCUT2D eigenvalue weighted by atomic mass is 10.1. The van der Waals surface area contributed by atoms with Crippen LogP contribution in [0.5, 0.6) is 11.5 Å². The summed E-state index contributed by atoms with van der Waals surface area (Å²) in [5.41, 5.74) is 0.806. The monoisotopic (exact) mass is 416 g/mol. The molecule has 1 aromatic rings. The summed E-state index contributed by atoms with van der Waals surface area (Å²) < 4.78 is 46.8. The van der Waals surface area contributed by atoms with E-state index in [1.165, 1.54) is 38.9 Å². The third-order valence-corrected chi connectivity index (χ3v) is 4.93. The lowest BCUT2D eigenvalue weighted by Gasteiger charge is -2.19. The zero-order valence-electron chi connectivity index (χ0n) is 17.0. The predicted molar refractivity (Wildman–Crippen MR) is 105 cm³/mol. The van der Waals surface area contributed by atoms with Gasteiger partial charge in [-0.05, 0) is 63.0 Å². The Morgan fingerprint density at radius 2 is 1.86 bits per heavy atom. The van der Waals surface area contributed by atoms with Crippen LogP contribution in [0.4, 0.5) is 13.2 Å². The molecule has 5 nitrogen and oxygen atoms in total. The molecule has 0 atom stereocenters. The van der Waals surface area contributed by atoms with Crippen molar-refractivity contribution in [3.63, 3.8) is 0 Å². The maximum atomic E-state index is 12.3. The molecule has 1 aliphatic rings. The highest BCUT2D eigenvalue weighted by atomic mass is 19.4. The third-order valence-electron chi connectivity index (χ3n) is 4.93. The molecule has 1 amide bonds. The van der Waals surface area contributed by atoms with Crippen molar-refractivity contribution >= 4 is 5.91 Å². The first-order valence-electron chi connectivity index (χ1n) is 10.2. The van der Waals surface area contributed by atoms with Gasteiger partial charge < -0.3 is 19.7 Å². The molecule has 29 heavy (non-hydrogen) atoms. The van der Waals surface area contributed by atoms with Crippen LogP contribution in [0.15, 0.2) is 18.2 Å². The van der Waals surface area contributed by atoms with Crippen LogP contribution in [-0.2, 0) is 11.2 Å². The summed E-state index contributed by atoms with van der Waals surface area (Å²) in [6.45, 7) is 2.60. The van der Waals surface area contributed by atoms with Crippen LogP contribution in [-0.4, -0.2) is 56.9 Å². The molecular formula is C21H31F3N2O3. The number of rotatable bonds is 10. The van der Waals surface area contributed by atoms with Gasteiger partial charge >= 0.3 is 6.18 Å². The zero-order valence-corrected chi connectivity index (χ0v) is 17.0. The Balaban J connectivity index is 1.69. The molecule has 0 spiro atoms. The van der Waals surface area contributed by atoms with Crippen LogP contribution in [0.1, 0.15) is 44.1 Å². The van der Waals surface area contributed by atoms with Gasteiger partial charge in [-0.1, -0.05) is 18.9 Å². The fraction of sp³-hybridized carbons (Fsp3) is 0.667. The maximum absolute atomic E-state index is 12.3. The molecule has 0 unspecified atom stereocenters. The molecule has 2 rings (SSSR count). The van der Waals surface area contributed by atoms with Crippen molar-refractivity contribution in [2.75, 3.05) is 39.9 Å². The van der Waals surface area contributed by atoms with Crippen molar-refractivity contribution in [1.29, 1.82) is 0 Å². The zero-order chi connectivity index (χ0) is 21.1. The topological polar surface area (TPSA) is 50.8 Å². The number of aryl methyl sites for hydroxylation is 1. The molecule has 1 saturated heterocycles. The van der Waals surface area contributed by atoms with E-state index in [0.717, 1.165) is 31.6 Å². The minimum atomic E-state index is -4.41. The highest BCUT2D eigenvalue weighted by molar-refractivity contribution is 5.76. The number of ether oxygens (including phenoxy) is 2. The van der Waals surface area contributed by atoms with Crippen LogP contribution in [0.2, 0.25) is 0 Å². The van der Waals surface area contributed by atoms with Crippen molar-refractivity contribution in [3.8, 4) is 11.5 Å². The Hall–Kier alpha value is -1.96. The summed E-state index contributed by atoms with van der Waals surface area (Å²) in [5, 5.41) is 2.94. The Bertz CT molecular complexity index is 630. The fourth-order valence-electron chi connectivity index (χ4n) is 3.38. The van der Waals surface area contributed by atoms with Gasteiger partial charge in [0.05, 0.1) is 7.11 Å².